The van der Waals surface area contributed by atoms with Gasteiger partial charge in [-0.3, -0.25) is 14.4 Å². The molecule has 3 amide bonds. The third-order valence-corrected chi connectivity index (χ3v) is 7.22. The number of hydrogen-bond donors (Lipinski definition) is 1. The van der Waals surface area contributed by atoms with Gasteiger partial charge in [0, 0.05) is 24.5 Å². The summed E-state index contributed by atoms with van der Waals surface area (Å²) in [6, 6.07) is 14.9. The van der Waals surface area contributed by atoms with Gasteiger partial charge in [-0.15, -0.1) is 11.8 Å². The summed E-state index contributed by atoms with van der Waals surface area (Å²) in [6.07, 6.45) is 4.15. The number of carbonyl (C=O) groups excluding carboxylic acids is 3. The van der Waals surface area contributed by atoms with Crippen molar-refractivity contribution in [2.45, 2.75) is 42.4 Å². The molecule has 0 saturated carbocycles. The maximum atomic E-state index is 13.4. The van der Waals surface area contributed by atoms with Gasteiger partial charge in [0.1, 0.15) is 12.3 Å². The highest BCUT2D eigenvalue weighted by molar-refractivity contribution is 8.01. The molecule has 33 heavy (non-hydrogen) atoms. The van der Waals surface area contributed by atoms with Crippen molar-refractivity contribution in [2.24, 2.45) is 0 Å². The summed E-state index contributed by atoms with van der Waals surface area (Å²) in [6.45, 7) is 1.59. The number of ether oxygens (including phenoxy) is 1. The number of benzene rings is 2. The molecule has 2 heterocycles. The number of nitrogens with one attached hydrogen (secondary N) is 1. The van der Waals surface area contributed by atoms with Crippen LogP contribution in [-0.4, -0.2) is 54.6 Å². The molecule has 0 radical (unpaired) electrons. The van der Waals surface area contributed by atoms with Crippen molar-refractivity contribution in [3.05, 3.63) is 54.1 Å². The van der Waals surface area contributed by atoms with Gasteiger partial charge >= 0.3 is 0 Å². The van der Waals surface area contributed by atoms with Crippen LogP contribution in [0.2, 0.25) is 0 Å². The number of hydrogen-bond acceptors (Lipinski definition) is 5. The smallest absolute Gasteiger partial charge is 0.250 e. The van der Waals surface area contributed by atoms with Gasteiger partial charge < -0.3 is 19.9 Å². The third-order valence-electron chi connectivity index (χ3n) is 5.98. The zero-order valence-electron chi connectivity index (χ0n) is 18.8. The van der Waals surface area contributed by atoms with Crippen LogP contribution in [0.1, 0.15) is 31.2 Å². The van der Waals surface area contributed by atoms with Crippen molar-refractivity contribution in [1.82, 2.24) is 10.2 Å². The average Bonchev–Trinajstić information content (AvgIpc) is 3.14. The average molecular weight is 468 g/mol. The highest BCUT2D eigenvalue weighted by Crippen LogP contribution is 2.39. The van der Waals surface area contributed by atoms with E-state index in [0.717, 1.165) is 41.9 Å². The van der Waals surface area contributed by atoms with Gasteiger partial charge in [-0.05, 0) is 42.7 Å². The molecule has 2 aliphatic rings. The minimum atomic E-state index is -0.854. The third kappa shape index (κ3) is 5.50. The van der Waals surface area contributed by atoms with Gasteiger partial charge in [0.25, 0.3) is 5.91 Å². The van der Waals surface area contributed by atoms with Crippen molar-refractivity contribution in [3.8, 4) is 5.75 Å². The normalized spacial score (nSPS) is 18.3. The molecule has 0 bridgehead atoms. The molecule has 0 aromatic heterocycles. The molecule has 0 unspecified atom stereocenters. The summed E-state index contributed by atoms with van der Waals surface area (Å²) >= 11 is 1.29. The predicted molar refractivity (Wildman–Crippen MR) is 128 cm³/mol. The molecule has 4 rings (SSSR count). The van der Waals surface area contributed by atoms with E-state index in [2.05, 4.69) is 5.32 Å². The van der Waals surface area contributed by atoms with Crippen LogP contribution in [0.3, 0.4) is 0 Å². The molecule has 2 aliphatic heterocycles. The van der Waals surface area contributed by atoms with E-state index >= 15 is 0 Å². The minimum Gasteiger partial charge on any atom is -0.497 e. The topological polar surface area (TPSA) is 79.0 Å². The van der Waals surface area contributed by atoms with Gasteiger partial charge in [0.05, 0.1) is 12.8 Å². The number of nitrogens with zero attached hydrogens (tertiary/aromatic N) is 2. The molecule has 2 aromatic rings. The number of rotatable bonds is 6. The van der Waals surface area contributed by atoms with Gasteiger partial charge in [0.2, 0.25) is 11.8 Å². The van der Waals surface area contributed by atoms with Crippen LogP contribution in [0.15, 0.2) is 53.4 Å². The van der Waals surface area contributed by atoms with Gasteiger partial charge in [-0.25, -0.2) is 0 Å². The molecule has 0 aliphatic carbocycles. The Kier molecular flexibility index (Phi) is 7.54. The number of para-hydroxylation sites is 1. The zero-order chi connectivity index (χ0) is 23.2. The summed E-state index contributed by atoms with van der Waals surface area (Å²) in [5.41, 5.74) is 1.60. The number of carbonyl (C=O) groups is 3. The Bertz CT molecular complexity index is 1000. The number of fused-ring (bicyclic) bond motifs is 1. The quantitative estimate of drug-likeness (QED) is 0.660. The molecule has 1 N–H and O–H groups in total. The van der Waals surface area contributed by atoms with Gasteiger partial charge in [0.15, 0.2) is 5.25 Å². The molecular weight excluding hydrogens is 438 g/mol. The van der Waals surface area contributed by atoms with Crippen LogP contribution >= 0.6 is 11.8 Å². The Morgan fingerprint density at radius 1 is 1.03 bits per heavy atom. The van der Waals surface area contributed by atoms with E-state index in [1.807, 2.05) is 53.4 Å². The van der Waals surface area contributed by atoms with Crippen molar-refractivity contribution in [1.29, 1.82) is 0 Å². The second kappa shape index (κ2) is 10.7. The first kappa shape index (κ1) is 23.2. The van der Waals surface area contributed by atoms with Crippen molar-refractivity contribution in [3.63, 3.8) is 0 Å². The van der Waals surface area contributed by atoms with Crippen LogP contribution < -0.4 is 15.0 Å². The monoisotopic (exact) mass is 467 g/mol. The molecule has 2 aromatic carbocycles. The summed E-state index contributed by atoms with van der Waals surface area (Å²) in [5.74, 6) is -0.00218. The second-order valence-electron chi connectivity index (χ2n) is 8.25. The SMILES string of the molecule is COc1ccc(CNC(=O)CN2C(=O)[C@@H](C(=O)N3CCCCCC3)Sc3ccccc32)cc1. The zero-order valence-corrected chi connectivity index (χ0v) is 19.6. The Morgan fingerprint density at radius 3 is 2.42 bits per heavy atom. The van der Waals surface area contributed by atoms with Crippen LogP contribution in [0.4, 0.5) is 5.69 Å². The summed E-state index contributed by atoms with van der Waals surface area (Å²) in [7, 11) is 1.60. The first-order valence-corrected chi connectivity index (χ1v) is 12.2. The molecule has 1 atom stereocenters. The molecule has 1 saturated heterocycles. The first-order chi connectivity index (χ1) is 16.1. The molecule has 0 spiro atoms. The highest BCUT2D eigenvalue weighted by Gasteiger charge is 2.40. The lowest BCUT2D eigenvalue weighted by atomic mass is 10.2. The van der Waals surface area contributed by atoms with E-state index in [1.165, 1.54) is 16.7 Å². The lowest BCUT2D eigenvalue weighted by molar-refractivity contribution is -0.135. The summed E-state index contributed by atoms with van der Waals surface area (Å²) in [4.78, 5) is 43.5. The fourth-order valence-electron chi connectivity index (χ4n) is 4.14. The number of anilines is 1. The van der Waals surface area contributed by atoms with Crippen molar-refractivity contribution < 1.29 is 19.1 Å². The van der Waals surface area contributed by atoms with E-state index in [4.69, 9.17) is 4.74 Å². The fourth-order valence-corrected chi connectivity index (χ4v) is 5.32. The van der Waals surface area contributed by atoms with Crippen LogP contribution in [0.25, 0.3) is 0 Å². The Hall–Kier alpha value is -3.00. The Balaban J connectivity index is 1.46. The van der Waals surface area contributed by atoms with Crippen molar-refractivity contribution >= 4 is 35.2 Å². The van der Waals surface area contributed by atoms with E-state index in [9.17, 15) is 14.4 Å². The number of amides is 3. The van der Waals surface area contributed by atoms with E-state index in [0.29, 0.717) is 25.3 Å². The summed E-state index contributed by atoms with van der Waals surface area (Å²) < 4.78 is 5.16. The molecule has 1 fully saturated rings. The molecule has 7 nitrogen and oxygen atoms in total. The van der Waals surface area contributed by atoms with Crippen LogP contribution in [0.5, 0.6) is 5.75 Å². The largest absolute Gasteiger partial charge is 0.497 e. The number of methoxy groups -OCH3 is 1. The minimum absolute atomic E-state index is 0.129. The lowest BCUT2D eigenvalue weighted by Gasteiger charge is -2.34. The van der Waals surface area contributed by atoms with Crippen molar-refractivity contribution in [2.75, 3.05) is 31.6 Å². The van der Waals surface area contributed by atoms with E-state index in [1.54, 1.807) is 7.11 Å². The Labute approximate surface area is 198 Å². The van der Waals surface area contributed by atoms with Crippen LogP contribution in [-0.2, 0) is 20.9 Å². The van der Waals surface area contributed by atoms with E-state index < -0.39 is 5.25 Å². The maximum absolute atomic E-state index is 13.4. The number of likely N-dealkylation sites (tertiary alicyclic amines) is 1. The van der Waals surface area contributed by atoms with E-state index in [-0.39, 0.29) is 24.3 Å². The molecule has 174 valence electrons. The van der Waals surface area contributed by atoms with Gasteiger partial charge in [-0.2, -0.15) is 0 Å². The second-order valence-corrected chi connectivity index (χ2v) is 9.40. The maximum Gasteiger partial charge on any atom is 0.250 e. The van der Waals surface area contributed by atoms with Gasteiger partial charge in [-0.1, -0.05) is 37.1 Å². The number of thioether (sulfide) groups is 1. The fraction of sp³-hybridized carbons (Fsp3) is 0.400. The molecular formula is C25H29N3O4S. The first-order valence-electron chi connectivity index (χ1n) is 11.3. The molecule has 8 heteroatoms. The summed E-state index contributed by atoms with van der Waals surface area (Å²) in [5, 5.41) is 2.02. The lowest BCUT2D eigenvalue weighted by Crippen LogP contribution is -2.52. The standard InChI is InChI=1S/C25H29N3O4S/c1-32-19-12-10-18(11-13-19)16-26-22(29)17-28-20-8-4-5-9-21(20)33-23(25(28)31)24(30)27-14-6-2-3-7-15-27/h4-5,8-13,23H,2-3,6-7,14-17H2,1H3,(H,26,29)/t23-/m1/s1. The Morgan fingerprint density at radius 2 is 1.73 bits per heavy atom. The van der Waals surface area contributed by atoms with Crippen LogP contribution in [0, 0.1) is 0 Å². The predicted octanol–water partition coefficient (Wildman–Crippen LogP) is 3.22. The highest BCUT2D eigenvalue weighted by atomic mass is 32.2.